The average Bonchev–Trinajstić information content (AvgIpc) is 2.47. The fourth-order valence-corrected chi connectivity index (χ4v) is 2.30. The van der Waals surface area contributed by atoms with Gasteiger partial charge in [-0.15, -0.1) is 0 Å². The molecule has 0 atom stereocenters. The summed E-state index contributed by atoms with van der Waals surface area (Å²) >= 11 is 0. The molecule has 1 aliphatic heterocycles. The average molecular weight is 275 g/mol. The van der Waals surface area contributed by atoms with Crippen LogP contribution in [0.2, 0.25) is 0 Å². The van der Waals surface area contributed by atoms with Gasteiger partial charge in [0.2, 0.25) is 0 Å². The summed E-state index contributed by atoms with van der Waals surface area (Å²) in [4.78, 5) is 16.8. The van der Waals surface area contributed by atoms with E-state index in [0.29, 0.717) is 0 Å². The molecule has 0 aromatic heterocycles. The van der Waals surface area contributed by atoms with Gasteiger partial charge in [-0.3, -0.25) is 9.69 Å². The Morgan fingerprint density at radius 3 is 2.20 bits per heavy atom. The first-order chi connectivity index (χ1) is 9.43. The number of likely N-dealkylation sites (N-methyl/N-ethyl adjacent to an activating group) is 1. The van der Waals surface area contributed by atoms with Gasteiger partial charge in [0.1, 0.15) is 0 Å². The summed E-state index contributed by atoms with van der Waals surface area (Å²) < 4.78 is 0. The highest BCUT2D eigenvalue weighted by molar-refractivity contribution is 6.02. The number of nitrogens with zero attached hydrogens (tertiary/aromatic N) is 2. The highest BCUT2D eigenvalue weighted by atomic mass is 16.1. The van der Waals surface area contributed by atoms with Crippen LogP contribution < -0.4 is 10.2 Å². The minimum atomic E-state index is -0.476. The summed E-state index contributed by atoms with van der Waals surface area (Å²) in [7, 11) is 3.88. The molecule has 110 valence electrons. The Balaban J connectivity index is 2.13. The Bertz CT molecular complexity index is 459. The van der Waals surface area contributed by atoms with Gasteiger partial charge in [0.05, 0.1) is 5.54 Å². The first-order valence-electron chi connectivity index (χ1n) is 7.21. The van der Waals surface area contributed by atoms with Gasteiger partial charge in [0.15, 0.2) is 5.78 Å². The molecule has 1 aliphatic rings. The highest BCUT2D eigenvalue weighted by Gasteiger charge is 2.30. The number of rotatable bonds is 4. The van der Waals surface area contributed by atoms with Crippen LogP contribution in [0.5, 0.6) is 0 Å². The smallest absolute Gasteiger partial charge is 0.182 e. The number of carbonyl (C=O) groups is 1. The normalized spacial score (nSPS) is 16.6. The van der Waals surface area contributed by atoms with Crippen LogP contribution in [-0.4, -0.2) is 56.5 Å². The largest absolute Gasteiger partial charge is 0.369 e. The van der Waals surface area contributed by atoms with Crippen LogP contribution in [0.25, 0.3) is 0 Å². The number of anilines is 1. The van der Waals surface area contributed by atoms with E-state index in [1.54, 1.807) is 0 Å². The molecule has 4 heteroatoms. The van der Waals surface area contributed by atoms with E-state index >= 15 is 0 Å². The van der Waals surface area contributed by atoms with Crippen molar-refractivity contribution in [3.63, 3.8) is 0 Å². The van der Waals surface area contributed by atoms with E-state index in [1.165, 1.54) is 5.69 Å². The molecule has 2 rings (SSSR count). The second-order valence-corrected chi connectivity index (χ2v) is 6.07. The first kappa shape index (κ1) is 15.0. The standard InChI is InChI=1S/C16H25N3O/c1-16(2,18(3)4)15(20)13-5-7-14(8-6-13)19-11-9-17-10-12-19/h5-8,17H,9-12H2,1-4H3. The van der Waals surface area contributed by atoms with Crippen molar-refractivity contribution in [2.45, 2.75) is 19.4 Å². The molecule has 4 nitrogen and oxygen atoms in total. The molecule has 1 aromatic rings. The number of hydrogen-bond acceptors (Lipinski definition) is 4. The third-order valence-corrected chi connectivity index (χ3v) is 4.29. The Morgan fingerprint density at radius 2 is 1.70 bits per heavy atom. The van der Waals surface area contributed by atoms with E-state index in [0.717, 1.165) is 31.7 Å². The van der Waals surface area contributed by atoms with Crippen molar-refractivity contribution in [2.75, 3.05) is 45.2 Å². The molecule has 1 aromatic carbocycles. The number of Topliss-reactive ketones (excluding diaryl/α,β-unsaturated/α-hetero) is 1. The maximum Gasteiger partial charge on any atom is 0.182 e. The number of nitrogens with one attached hydrogen (secondary N) is 1. The lowest BCUT2D eigenvalue weighted by molar-refractivity contribution is 0.0755. The third-order valence-electron chi connectivity index (χ3n) is 4.29. The van der Waals surface area contributed by atoms with Gasteiger partial charge in [0.25, 0.3) is 0 Å². The van der Waals surface area contributed by atoms with Crippen LogP contribution in [0.15, 0.2) is 24.3 Å². The molecule has 0 amide bonds. The molecule has 0 radical (unpaired) electrons. The lowest BCUT2D eigenvalue weighted by Gasteiger charge is -2.31. The zero-order valence-electron chi connectivity index (χ0n) is 12.9. The topological polar surface area (TPSA) is 35.6 Å². The molecular formula is C16H25N3O. The molecule has 1 N–H and O–H groups in total. The maximum absolute atomic E-state index is 12.5. The highest BCUT2D eigenvalue weighted by Crippen LogP contribution is 2.21. The van der Waals surface area contributed by atoms with Crippen LogP contribution in [-0.2, 0) is 0 Å². The minimum absolute atomic E-state index is 0.161. The van der Waals surface area contributed by atoms with Crippen molar-refractivity contribution < 1.29 is 4.79 Å². The van der Waals surface area contributed by atoms with Crippen molar-refractivity contribution in [2.24, 2.45) is 0 Å². The van der Waals surface area contributed by atoms with E-state index < -0.39 is 5.54 Å². The lowest BCUT2D eigenvalue weighted by atomic mass is 9.92. The monoisotopic (exact) mass is 275 g/mol. The number of hydrogen-bond donors (Lipinski definition) is 1. The van der Waals surface area contributed by atoms with Crippen molar-refractivity contribution in [1.82, 2.24) is 10.2 Å². The van der Waals surface area contributed by atoms with E-state index in [9.17, 15) is 4.79 Å². The second kappa shape index (κ2) is 5.94. The van der Waals surface area contributed by atoms with Crippen LogP contribution in [0.4, 0.5) is 5.69 Å². The van der Waals surface area contributed by atoms with Crippen molar-refractivity contribution in [3.8, 4) is 0 Å². The van der Waals surface area contributed by atoms with E-state index in [1.807, 2.05) is 45.0 Å². The van der Waals surface area contributed by atoms with Crippen molar-refractivity contribution in [3.05, 3.63) is 29.8 Å². The van der Waals surface area contributed by atoms with Gasteiger partial charge < -0.3 is 10.2 Å². The molecule has 1 fully saturated rings. The molecule has 0 unspecified atom stereocenters. The fourth-order valence-electron chi connectivity index (χ4n) is 2.30. The van der Waals surface area contributed by atoms with Crippen LogP contribution in [0, 0.1) is 0 Å². The predicted octanol–water partition coefficient (Wildman–Crippen LogP) is 1.62. The minimum Gasteiger partial charge on any atom is -0.369 e. The molecule has 0 saturated carbocycles. The van der Waals surface area contributed by atoms with Crippen LogP contribution in [0.3, 0.4) is 0 Å². The number of ketones is 1. The first-order valence-corrected chi connectivity index (χ1v) is 7.21. The molecule has 1 saturated heterocycles. The Labute approximate surface area is 121 Å². The summed E-state index contributed by atoms with van der Waals surface area (Å²) in [5, 5.41) is 3.35. The van der Waals surface area contributed by atoms with E-state index in [-0.39, 0.29) is 5.78 Å². The summed E-state index contributed by atoms with van der Waals surface area (Å²) in [6, 6.07) is 8.02. The molecule has 20 heavy (non-hydrogen) atoms. The van der Waals surface area contributed by atoms with Gasteiger partial charge in [-0.25, -0.2) is 0 Å². The Hall–Kier alpha value is -1.39. The van der Waals surface area contributed by atoms with Gasteiger partial charge in [-0.05, 0) is 52.2 Å². The van der Waals surface area contributed by atoms with Gasteiger partial charge in [-0.2, -0.15) is 0 Å². The van der Waals surface area contributed by atoms with Crippen molar-refractivity contribution >= 4 is 11.5 Å². The Morgan fingerprint density at radius 1 is 1.15 bits per heavy atom. The summed E-state index contributed by atoms with van der Waals surface area (Å²) in [5.41, 5.74) is 1.50. The number of benzene rings is 1. The van der Waals surface area contributed by atoms with Gasteiger partial charge in [0, 0.05) is 37.4 Å². The maximum atomic E-state index is 12.5. The SMILES string of the molecule is CN(C)C(C)(C)C(=O)c1ccc(N2CCNCC2)cc1. The fraction of sp³-hybridized carbons (Fsp3) is 0.562. The summed E-state index contributed by atoms with van der Waals surface area (Å²) in [5.74, 6) is 0.161. The second-order valence-electron chi connectivity index (χ2n) is 6.07. The van der Waals surface area contributed by atoms with Gasteiger partial charge >= 0.3 is 0 Å². The molecule has 0 aliphatic carbocycles. The lowest BCUT2D eigenvalue weighted by Crippen LogP contribution is -2.45. The van der Waals surface area contributed by atoms with Crippen molar-refractivity contribution in [1.29, 1.82) is 0 Å². The zero-order valence-corrected chi connectivity index (χ0v) is 12.9. The van der Waals surface area contributed by atoms with Crippen LogP contribution >= 0.6 is 0 Å². The predicted molar refractivity (Wildman–Crippen MR) is 83.6 cm³/mol. The molecular weight excluding hydrogens is 250 g/mol. The van der Waals surface area contributed by atoms with E-state index in [2.05, 4.69) is 22.3 Å². The molecule has 0 bridgehead atoms. The summed E-state index contributed by atoms with van der Waals surface area (Å²) in [6.07, 6.45) is 0. The zero-order chi connectivity index (χ0) is 14.8. The van der Waals surface area contributed by atoms with Crippen LogP contribution in [0.1, 0.15) is 24.2 Å². The quantitative estimate of drug-likeness (QED) is 0.847. The third kappa shape index (κ3) is 3.02. The summed E-state index contributed by atoms with van der Waals surface area (Å²) in [6.45, 7) is 8.01. The van der Waals surface area contributed by atoms with E-state index in [4.69, 9.17) is 0 Å². The van der Waals surface area contributed by atoms with Gasteiger partial charge in [-0.1, -0.05) is 0 Å². The number of carbonyl (C=O) groups excluding carboxylic acids is 1. The number of piperazine rings is 1. The Kier molecular flexibility index (Phi) is 4.45. The molecule has 1 heterocycles. The molecule has 0 spiro atoms.